The van der Waals surface area contributed by atoms with E-state index in [1.54, 1.807) is 7.11 Å². The number of hydrogen-bond donors (Lipinski definition) is 2. The van der Waals surface area contributed by atoms with Crippen molar-refractivity contribution < 1.29 is 4.74 Å². The molecule has 0 amide bonds. The number of anilines is 2. The number of nitrogens with zero attached hydrogens (tertiary/aromatic N) is 3. The van der Waals surface area contributed by atoms with E-state index in [-0.39, 0.29) is 0 Å². The molecular weight excluding hydrogens is 254 g/mol. The first-order valence-corrected chi connectivity index (χ1v) is 7.35. The standard InChI is InChI=1S/C14H27N5O/c1-6-9-15-12-17-13(19-14(18-12)20-5)16-11(4)8-7-10(2)3/h10-11H,6-9H2,1-5H3,(H2,15,16,17,18,19). The van der Waals surface area contributed by atoms with E-state index in [2.05, 4.69) is 53.3 Å². The Morgan fingerprint density at radius 1 is 1.05 bits per heavy atom. The van der Waals surface area contributed by atoms with Crippen molar-refractivity contribution in [1.82, 2.24) is 15.0 Å². The van der Waals surface area contributed by atoms with Crippen LogP contribution in [0.15, 0.2) is 0 Å². The summed E-state index contributed by atoms with van der Waals surface area (Å²) in [7, 11) is 1.56. The molecule has 1 atom stereocenters. The van der Waals surface area contributed by atoms with E-state index in [1.807, 2.05) is 0 Å². The maximum Gasteiger partial charge on any atom is 0.322 e. The van der Waals surface area contributed by atoms with Crippen molar-refractivity contribution in [2.24, 2.45) is 5.92 Å². The average Bonchev–Trinajstić information content (AvgIpc) is 2.42. The molecule has 114 valence electrons. The third-order valence-electron chi connectivity index (χ3n) is 2.88. The Morgan fingerprint density at radius 3 is 2.35 bits per heavy atom. The summed E-state index contributed by atoms with van der Waals surface area (Å²) in [5.41, 5.74) is 0. The van der Waals surface area contributed by atoms with Crippen molar-refractivity contribution in [1.29, 1.82) is 0 Å². The third-order valence-corrected chi connectivity index (χ3v) is 2.88. The summed E-state index contributed by atoms with van der Waals surface area (Å²) in [6.45, 7) is 9.52. The highest BCUT2D eigenvalue weighted by Gasteiger charge is 2.09. The van der Waals surface area contributed by atoms with E-state index in [9.17, 15) is 0 Å². The molecule has 6 nitrogen and oxygen atoms in total. The summed E-state index contributed by atoms with van der Waals surface area (Å²) in [6.07, 6.45) is 3.28. The second-order valence-electron chi connectivity index (χ2n) is 5.41. The molecule has 1 heterocycles. The van der Waals surface area contributed by atoms with Crippen molar-refractivity contribution in [3.05, 3.63) is 0 Å². The zero-order valence-electron chi connectivity index (χ0n) is 13.2. The second kappa shape index (κ2) is 8.55. The molecule has 0 spiro atoms. The molecule has 20 heavy (non-hydrogen) atoms. The molecule has 0 saturated heterocycles. The monoisotopic (exact) mass is 281 g/mol. The maximum absolute atomic E-state index is 5.11. The zero-order chi connectivity index (χ0) is 15.0. The maximum atomic E-state index is 5.11. The summed E-state index contributed by atoms with van der Waals surface area (Å²) in [4.78, 5) is 12.8. The Hall–Kier alpha value is -1.59. The smallest absolute Gasteiger partial charge is 0.322 e. The number of rotatable bonds is 9. The van der Waals surface area contributed by atoms with Crippen LogP contribution >= 0.6 is 0 Å². The molecule has 0 saturated carbocycles. The van der Waals surface area contributed by atoms with Gasteiger partial charge in [-0.05, 0) is 32.1 Å². The van der Waals surface area contributed by atoms with Crippen molar-refractivity contribution in [3.63, 3.8) is 0 Å². The second-order valence-corrected chi connectivity index (χ2v) is 5.41. The SMILES string of the molecule is CCCNc1nc(NC(C)CCC(C)C)nc(OC)n1. The third kappa shape index (κ3) is 6.04. The molecule has 0 fully saturated rings. The molecule has 1 rings (SSSR count). The van der Waals surface area contributed by atoms with E-state index >= 15 is 0 Å². The Labute approximate surface area is 121 Å². The number of nitrogens with one attached hydrogen (secondary N) is 2. The van der Waals surface area contributed by atoms with Gasteiger partial charge < -0.3 is 15.4 Å². The number of aromatic nitrogens is 3. The van der Waals surface area contributed by atoms with Crippen LogP contribution in [0.4, 0.5) is 11.9 Å². The Kier molecular flexibility index (Phi) is 7.04. The first-order valence-electron chi connectivity index (χ1n) is 7.35. The normalized spacial score (nSPS) is 12.3. The molecule has 0 aliphatic rings. The minimum atomic E-state index is 0.323. The van der Waals surface area contributed by atoms with Gasteiger partial charge in [0.25, 0.3) is 0 Å². The fourth-order valence-corrected chi connectivity index (χ4v) is 1.70. The van der Waals surface area contributed by atoms with E-state index < -0.39 is 0 Å². The molecule has 0 aliphatic heterocycles. The highest BCUT2D eigenvalue weighted by atomic mass is 16.5. The zero-order valence-corrected chi connectivity index (χ0v) is 13.2. The lowest BCUT2D eigenvalue weighted by Gasteiger charge is -2.15. The highest BCUT2D eigenvalue weighted by molar-refractivity contribution is 5.36. The largest absolute Gasteiger partial charge is 0.467 e. The Balaban J connectivity index is 2.67. The molecule has 1 aromatic heterocycles. The van der Waals surface area contributed by atoms with Gasteiger partial charge in [0.15, 0.2) is 0 Å². The van der Waals surface area contributed by atoms with Gasteiger partial charge >= 0.3 is 6.01 Å². The number of methoxy groups -OCH3 is 1. The van der Waals surface area contributed by atoms with Crippen molar-refractivity contribution in [2.45, 2.75) is 53.0 Å². The lowest BCUT2D eigenvalue weighted by atomic mass is 10.0. The summed E-state index contributed by atoms with van der Waals surface area (Å²) in [5, 5.41) is 6.46. The van der Waals surface area contributed by atoms with Crippen LogP contribution in [0.5, 0.6) is 6.01 Å². The molecule has 0 bridgehead atoms. The van der Waals surface area contributed by atoms with Gasteiger partial charge in [-0.3, -0.25) is 0 Å². The predicted molar refractivity (Wildman–Crippen MR) is 82.3 cm³/mol. The minimum Gasteiger partial charge on any atom is -0.467 e. The Morgan fingerprint density at radius 2 is 1.75 bits per heavy atom. The number of hydrogen-bond acceptors (Lipinski definition) is 6. The van der Waals surface area contributed by atoms with Crippen molar-refractivity contribution in [2.75, 3.05) is 24.3 Å². The van der Waals surface area contributed by atoms with Crippen LogP contribution in [-0.2, 0) is 0 Å². The lowest BCUT2D eigenvalue weighted by Crippen LogP contribution is -2.19. The quantitative estimate of drug-likeness (QED) is 0.725. The van der Waals surface area contributed by atoms with Crippen molar-refractivity contribution in [3.8, 4) is 6.01 Å². The fourth-order valence-electron chi connectivity index (χ4n) is 1.70. The lowest BCUT2D eigenvalue weighted by molar-refractivity contribution is 0.379. The van der Waals surface area contributed by atoms with Gasteiger partial charge in [0, 0.05) is 12.6 Å². The molecular formula is C14H27N5O. The summed E-state index contributed by atoms with van der Waals surface area (Å²) in [5.74, 6) is 1.82. The van der Waals surface area contributed by atoms with E-state index in [0.717, 1.165) is 19.4 Å². The van der Waals surface area contributed by atoms with Crippen LogP contribution < -0.4 is 15.4 Å². The van der Waals surface area contributed by atoms with E-state index in [4.69, 9.17) is 4.74 Å². The van der Waals surface area contributed by atoms with Gasteiger partial charge in [-0.25, -0.2) is 0 Å². The van der Waals surface area contributed by atoms with Gasteiger partial charge in [0.05, 0.1) is 7.11 Å². The van der Waals surface area contributed by atoms with Crippen LogP contribution in [0.1, 0.15) is 47.0 Å². The molecule has 2 N–H and O–H groups in total. The molecule has 1 aromatic rings. The molecule has 0 radical (unpaired) electrons. The molecule has 0 aliphatic carbocycles. The van der Waals surface area contributed by atoms with E-state index in [0.29, 0.717) is 29.9 Å². The van der Waals surface area contributed by atoms with E-state index in [1.165, 1.54) is 6.42 Å². The topological polar surface area (TPSA) is 72.0 Å². The highest BCUT2D eigenvalue weighted by Crippen LogP contribution is 2.14. The first-order chi connectivity index (χ1) is 9.55. The van der Waals surface area contributed by atoms with Gasteiger partial charge in [-0.2, -0.15) is 15.0 Å². The average molecular weight is 281 g/mol. The van der Waals surface area contributed by atoms with Crippen LogP contribution in [0.2, 0.25) is 0 Å². The van der Waals surface area contributed by atoms with Gasteiger partial charge in [-0.15, -0.1) is 0 Å². The van der Waals surface area contributed by atoms with Crippen LogP contribution in [0.25, 0.3) is 0 Å². The molecule has 0 aromatic carbocycles. The van der Waals surface area contributed by atoms with Gasteiger partial charge in [-0.1, -0.05) is 20.8 Å². The number of ether oxygens (including phenoxy) is 1. The summed E-state index contributed by atoms with van der Waals surface area (Å²) >= 11 is 0. The molecule has 1 unspecified atom stereocenters. The van der Waals surface area contributed by atoms with Gasteiger partial charge in [0.1, 0.15) is 0 Å². The Bertz CT molecular complexity index is 397. The van der Waals surface area contributed by atoms with Crippen LogP contribution in [-0.4, -0.2) is 34.6 Å². The summed E-state index contributed by atoms with van der Waals surface area (Å²) in [6, 6.07) is 0.653. The fraction of sp³-hybridized carbons (Fsp3) is 0.786. The summed E-state index contributed by atoms with van der Waals surface area (Å²) < 4.78 is 5.11. The predicted octanol–water partition coefficient (Wildman–Crippen LogP) is 2.94. The van der Waals surface area contributed by atoms with Crippen LogP contribution in [0, 0.1) is 5.92 Å². The molecule has 6 heteroatoms. The first kappa shape index (κ1) is 16.5. The van der Waals surface area contributed by atoms with Crippen molar-refractivity contribution >= 4 is 11.9 Å². The van der Waals surface area contributed by atoms with Crippen LogP contribution in [0.3, 0.4) is 0 Å². The minimum absolute atomic E-state index is 0.323. The van der Waals surface area contributed by atoms with Gasteiger partial charge in [0.2, 0.25) is 11.9 Å².